The maximum absolute atomic E-state index is 12.8. The van der Waals surface area contributed by atoms with E-state index < -0.39 is 15.6 Å². The summed E-state index contributed by atoms with van der Waals surface area (Å²) >= 11 is 0. The fourth-order valence-electron chi connectivity index (χ4n) is 2.27. The van der Waals surface area contributed by atoms with Crippen LogP contribution in [0.3, 0.4) is 0 Å². The zero-order chi connectivity index (χ0) is 18.7. The lowest BCUT2D eigenvalue weighted by molar-refractivity contribution is 0.100. The Labute approximate surface area is 151 Å². The third-order valence-electron chi connectivity index (χ3n) is 3.67. The third-order valence-corrected chi connectivity index (χ3v) is 5.33. The second-order valence-electron chi connectivity index (χ2n) is 5.59. The minimum Gasteiger partial charge on any atom is -0.497 e. The van der Waals surface area contributed by atoms with Gasteiger partial charge < -0.3 is 9.26 Å². The van der Waals surface area contributed by atoms with Crippen LogP contribution >= 0.6 is 0 Å². The Kier molecular flexibility index (Phi) is 4.85. The molecule has 0 saturated heterocycles. The van der Waals surface area contributed by atoms with Gasteiger partial charge in [0.05, 0.1) is 16.8 Å². The molecule has 1 unspecified atom stereocenters. The molecule has 7 nitrogen and oxygen atoms in total. The topological polar surface area (TPSA) is 94.7 Å². The molecule has 134 valence electrons. The van der Waals surface area contributed by atoms with E-state index in [4.69, 9.17) is 9.26 Å². The summed E-state index contributed by atoms with van der Waals surface area (Å²) in [7, 11) is -1.31. The predicted molar refractivity (Wildman–Crippen MR) is 96.6 cm³/mol. The lowest BCUT2D eigenvalue weighted by Crippen LogP contribution is -2.04. The quantitative estimate of drug-likeness (QED) is 0.698. The summed E-state index contributed by atoms with van der Waals surface area (Å²) in [5.74, 6) is 0.989. The summed E-state index contributed by atoms with van der Waals surface area (Å²) in [4.78, 5) is 17.0. The van der Waals surface area contributed by atoms with Crippen molar-refractivity contribution in [2.45, 2.75) is 11.8 Å². The van der Waals surface area contributed by atoms with Crippen LogP contribution in [0.2, 0.25) is 0 Å². The highest BCUT2D eigenvalue weighted by Gasteiger charge is 2.13. The van der Waals surface area contributed by atoms with Crippen molar-refractivity contribution in [2.24, 2.45) is 4.36 Å². The normalized spacial score (nSPS) is 13.0. The van der Waals surface area contributed by atoms with Gasteiger partial charge in [0.15, 0.2) is 0 Å². The van der Waals surface area contributed by atoms with Gasteiger partial charge in [-0.15, -0.1) is 0 Å². The average molecular weight is 371 g/mol. The van der Waals surface area contributed by atoms with Crippen LogP contribution in [0.15, 0.2) is 62.3 Å². The average Bonchev–Trinajstić information content (AvgIpc) is 3.08. The number of hydrogen-bond acceptors (Lipinski definition) is 6. The number of nitrogens with zero attached hydrogens (tertiary/aromatic N) is 3. The van der Waals surface area contributed by atoms with Crippen molar-refractivity contribution in [3.05, 3.63) is 60.0 Å². The van der Waals surface area contributed by atoms with Crippen LogP contribution in [0, 0.1) is 6.92 Å². The summed E-state index contributed by atoms with van der Waals surface area (Å²) in [6.07, 6.45) is 1.43. The number of aryl methyl sites for hydroxylation is 1. The standard InChI is InChI=1S/C18H17N3O4S/c1-12-19-17(20-25-12)13-4-6-14(7-5-13)18(22)21-26(3,23)16-10-8-15(24-2)9-11-16/h4-11H,1-3H3. The molecule has 0 spiro atoms. The first-order valence-corrected chi connectivity index (χ1v) is 9.63. The van der Waals surface area contributed by atoms with Crippen molar-refractivity contribution < 1.29 is 18.3 Å². The number of aromatic nitrogens is 2. The Balaban J connectivity index is 1.85. The molecule has 1 atom stereocenters. The number of carbonyl (C=O) groups is 1. The molecular formula is C18H17N3O4S. The van der Waals surface area contributed by atoms with Crippen LogP contribution in [-0.4, -0.2) is 33.6 Å². The van der Waals surface area contributed by atoms with E-state index in [-0.39, 0.29) is 0 Å². The van der Waals surface area contributed by atoms with Crippen LogP contribution in [0.1, 0.15) is 16.2 Å². The lowest BCUT2D eigenvalue weighted by Gasteiger charge is -2.06. The Morgan fingerprint density at radius 3 is 2.31 bits per heavy atom. The highest BCUT2D eigenvalue weighted by atomic mass is 32.2. The first-order valence-electron chi connectivity index (χ1n) is 7.70. The van der Waals surface area contributed by atoms with Crippen molar-refractivity contribution in [1.29, 1.82) is 0 Å². The third kappa shape index (κ3) is 3.80. The highest BCUT2D eigenvalue weighted by Crippen LogP contribution is 2.20. The van der Waals surface area contributed by atoms with Gasteiger partial charge in [-0.1, -0.05) is 17.3 Å². The molecular weight excluding hydrogens is 354 g/mol. The van der Waals surface area contributed by atoms with Crippen LogP contribution in [0.25, 0.3) is 11.4 Å². The number of carbonyl (C=O) groups excluding carboxylic acids is 1. The van der Waals surface area contributed by atoms with E-state index >= 15 is 0 Å². The molecule has 0 aliphatic rings. The molecule has 1 amide bonds. The van der Waals surface area contributed by atoms with E-state index in [1.807, 2.05) is 0 Å². The van der Waals surface area contributed by atoms with Gasteiger partial charge in [-0.05, 0) is 36.4 Å². The van der Waals surface area contributed by atoms with Gasteiger partial charge in [-0.3, -0.25) is 4.79 Å². The molecule has 0 aliphatic carbocycles. The van der Waals surface area contributed by atoms with E-state index in [9.17, 15) is 9.00 Å². The first-order chi connectivity index (χ1) is 12.4. The fraction of sp³-hybridized carbons (Fsp3) is 0.167. The van der Waals surface area contributed by atoms with Crippen molar-refractivity contribution in [1.82, 2.24) is 10.1 Å². The maximum Gasteiger partial charge on any atom is 0.285 e. The maximum atomic E-state index is 12.8. The molecule has 0 fully saturated rings. The highest BCUT2D eigenvalue weighted by molar-refractivity contribution is 7.93. The molecule has 1 aromatic heterocycles. The molecule has 0 radical (unpaired) electrons. The summed E-state index contributed by atoms with van der Waals surface area (Å²) in [5, 5.41) is 3.82. The Hall–Kier alpha value is -3.00. The van der Waals surface area contributed by atoms with Crippen molar-refractivity contribution >= 4 is 15.6 Å². The Morgan fingerprint density at radius 2 is 1.77 bits per heavy atom. The summed E-state index contributed by atoms with van der Waals surface area (Å²) in [5.41, 5.74) is 1.04. The number of hydrogen-bond donors (Lipinski definition) is 0. The molecule has 0 aliphatic heterocycles. The largest absolute Gasteiger partial charge is 0.497 e. The molecule has 1 heterocycles. The molecule has 26 heavy (non-hydrogen) atoms. The Morgan fingerprint density at radius 1 is 1.12 bits per heavy atom. The summed E-state index contributed by atoms with van der Waals surface area (Å²) in [6.45, 7) is 1.70. The fourth-order valence-corrected chi connectivity index (χ4v) is 3.44. The lowest BCUT2D eigenvalue weighted by atomic mass is 10.1. The van der Waals surface area contributed by atoms with Crippen molar-refractivity contribution in [3.63, 3.8) is 0 Å². The molecule has 0 saturated carbocycles. The zero-order valence-electron chi connectivity index (χ0n) is 14.5. The molecule has 3 rings (SSSR count). The van der Waals surface area contributed by atoms with E-state index in [1.165, 1.54) is 6.26 Å². The molecule has 2 aromatic carbocycles. The van der Waals surface area contributed by atoms with Gasteiger partial charge >= 0.3 is 0 Å². The number of rotatable bonds is 4. The predicted octanol–water partition coefficient (Wildman–Crippen LogP) is 3.35. The van der Waals surface area contributed by atoms with Gasteiger partial charge in [0, 0.05) is 29.2 Å². The second-order valence-corrected chi connectivity index (χ2v) is 7.85. The number of amides is 1. The molecule has 0 bridgehead atoms. The summed E-state index contributed by atoms with van der Waals surface area (Å²) < 4.78 is 26.7. The smallest absolute Gasteiger partial charge is 0.285 e. The van der Waals surface area contributed by atoms with Gasteiger partial charge in [0.2, 0.25) is 11.7 Å². The van der Waals surface area contributed by atoms with E-state index in [1.54, 1.807) is 62.6 Å². The van der Waals surface area contributed by atoms with E-state index in [0.29, 0.717) is 33.5 Å². The van der Waals surface area contributed by atoms with Gasteiger partial charge in [-0.25, -0.2) is 4.21 Å². The second kappa shape index (κ2) is 7.09. The zero-order valence-corrected chi connectivity index (χ0v) is 15.3. The SMILES string of the molecule is COc1ccc(S(C)(=O)=NC(=O)c2ccc(-c3noc(C)n3)cc2)cc1. The number of benzene rings is 2. The first kappa shape index (κ1) is 17.8. The van der Waals surface area contributed by atoms with E-state index in [0.717, 1.165) is 0 Å². The van der Waals surface area contributed by atoms with Crippen LogP contribution in [-0.2, 0) is 9.73 Å². The van der Waals surface area contributed by atoms with Crippen LogP contribution in [0.4, 0.5) is 0 Å². The van der Waals surface area contributed by atoms with Crippen molar-refractivity contribution in [2.75, 3.05) is 13.4 Å². The minimum absolute atomic E-state index is 0.331. The number of ether oxygens (including phenoxy) is 1. The minimum atomic E-state index is -2.86. The van der Waals surface area contributed by atoms with Gasteiger partial charge in [0.25, 0.3) is 5.91 Å². The van der Waals surface area contributed by atoms with E-state index in [2.05, 4.69) is 14.5 Å². The Bertz CT molecular complexity index is 1050. The molecule has 8 heteroatoms. The summed E-state index contributed by atoms with van der Waals surface area (Å²) in [6, 6.07) is 13.2. The van der Waals surface area contributed by atoms with Crippen LogP contribution in [0.5, 0.6) is 5.75 Å². The van der Waals surface area contributed by atoms with Gasteiger partial charge in [-0.2, -0.15) is 9.35 Å². The monoisotopic (exact) mass is 371 g/mol. The number of methoxy groups -OCH3 is 1. The van der Waals surface area contributed by atoms with Crippen molar-refractivity contribution in [3.8, 4) is 17.1 Å². The van der Waals surface area contributed by atoms with Crippen LogP contribution < -0.4 is 4.74 Å². The van der Waals surface area contributed by atoms with Gasteiger partial charge in [0.1, 0.15) is 5.75 Å². The molecule has 0 N–H and O–H groups in total. The molecule has 3 aromatic rings.